The van der Waals surface area contributed by atoms with E-state index in [1.165, 1.54) is 0 Å². The van der Waals surface area contributed by atoms with Crippen molar-refractivity contribution >= 4 is 57.9 Å². The van der Waals surface area contributed by atoms with Crippen molar-refractivity contribution < 1.29 is 71.7 Å². The zero-order chi connectivity index (χ0) is 35.0. The molecule has 0 aromatic rings. The van der Waals surface area contributed by atoms with Crippen LogP contribution in [0.15, 0.2) is 12.2 Å². The Bertz CT molecular complexity index is 1210. The van der Waals surface area contributed by atoms with E-state index in [-0.39, 0.29) is 58.7 Å². The molecule has 274 valence electrons. The van der Waals surface area contributed by atoms with Gasteiger partial charge in [-0.25, -0.2) is 4.21 Å². The van der Waals surface area contributed by atoms with Crippen LogP contribution in [-0.2, 0) is 57.8 Å². The monoisotopic (exact) mass is 832 g/mol. The van der Waals surface area contributed by atoms with E-state index in [1.807, 2.05) is 36.4 Å². The van der Waals surface area contributed by atoms with Crippen molar-refractivity contribution in [2.24, 2.45) is 40.4 Å². The summed E-state index contributed by atoms with van der Waals surface area (Å²) >= 11 is -0.459. The van der Waals surface area contributed by atoms with Gasteiger partial charge in [0.05, 0.1) is 24.2 Å². The molecular weight excluding hydrogens is 789 g/mol. The lowest BCUT2D eigenvalue weighted by Gasteiger charge is -2.62. The van der Waals surface area contributed by atoms with Gasteiger partial charge in [-0.15, -0.1) is 8.67 Å². The molecule has 0 aromatic carbocycles. The van der Waals surface area contributed by atoms with E-state index < -0.39 is 76.4 Å². The van der Waals surface area contributed by atoms with Crippen molar-refractivity contribution in [3.8, 4) is 0 Å². The number of hydrogen-bond acceptors (Lipinski definition) is 15. The summed E-state index contributed by atoms with van der Waals surface area (Å²) in [6.07, 6.45) is -1.98. The van der Waals surface area contributed by atoms with Gasteiger partial charge in [-0.05, 0) is 79.6 Å². The Morgan fingerprint density at radius 2 is 1.94 bits per heavy atom. The average molecular weight is 833 g/mol. The van der Waals surface area contributed by atoms with E-state index in [0.29, 0.717) is 12.8 Å². The van der Waals surface area contributed by atoms with Crippen LogP contribution in [-0.4, -0.2) is 72.8 Å². The molecule has 1 aliphatic heterocycles. The number of aliphatic hydroxyl groups is 1. The number of rotatable bonds is 14. The van der Waals surface area contributed by atoms with Gasteiger partial charge < -0.3 is 34.9 Å². The summed E-state index contributed by atoms with van der Waals surface area (Å²) in [6.45, 7) is 9.96. The lowest BCUT2D eigenvalue weighted by atomic mass is 9.43. The molecule has 0 radical (unpaired) electrons. The Morgan fingerprint density at radius 3 is 2.58 bits per heavy atom. The molecule has 5 rings (SSSR count). The molecule has 5 fully saturated rings. The highest BCUT2D eigenvalue weighted by molar-refractivity contribution is 14.1. The Hall–Kier alpha value is -0.490. The SMILES string of the molecule is C=C1C2CCC3C4(C)CC(O[C@@H]5O[C@H](C[125I])[C@@H](S(=O)OO[O-])[C@@H](OSOO[O-])C5OC(=O)CC(C)C)CC(C(=O)O)C4CCC3(C2)[C@H]1O. The van der Waals surface area contributed by atoms with Crippen LogP contribution in [0.2, 0.25) is 0 Å². The van der Waals surface area contributed by atoms with Gasteiger partial charge in [0, 0.05) is 16.3 Å². The van der Waals surface area contributed by atoms with E-state index in [2.05, 4.69) is 32.2 Å². The third kappa shape index (κ3) is 7.38. The molecule has 48 heavy (non-hydrogen) atoms. The number of aliphatic carboxylic acids is 1. The third-order valence-electron chi connectivity index (χ3n) is 11.5. The molecule has 0 amide bonds. The van der Waals surface area contributed by atoms with Crippen molar-refractivity contribution in [2.75, 3.05) is 4.43 Å². The first kappa shape index (κ1) is 38.7. The number of halogens is 1. The van der Waals surface area contributed by atoms with Crippen molar-refractivity contribution in [3.05, 3.63) is 12.2 Å². The Kier molecular flexibility index (Phi) is 12.9. The highest BCUT2D eigenvalue weighted by Crippen LogP contribution is 2.70. The number of carboxylic acids is 1. The number of carboxylic acid groups (broad SMARTS) is 1. The van der Waals surface area contributed by atoms with Gasteiger partial charge in [-0.1, -0.05) is 49.9 Å². The smallest absolute Gasteiger partial charge is 0.306 e. The van der Waals surface area contributed by atoms with Crippen molar-refractivity contribution in [1.29, 1.82) is 0 Å². The van der Waals surface area contributed by atoms with Gasteiger partial charge >= 0.3 is 11.9 Å². The summed E-state index contributed by atoms with van der Waals surface area (Å²) in [7, 11) is 0. The molecular formula is C30H43IO15S2-2. The summed E-state index contributed by atoms with van der Waals surface area (Å²) < 4.78 is 46.3. The quantitative estimate of drug-likeness (QED) is 0.0296. The van der Waals surface area contributed by atoms with Crippen LogP contribution >= 0.6 is 34.9 Å². The minimum atomic E-state index is -2.51. The van der Waals surface area contributed by atoms with Crippen LogP contribution in [0.4, 0.5) is 0 Å². The first-order chi connectivity index (χ1) is 22.8. The second kappa shape index (κ2) is 16.0. The number of alkyl halides is 1. The molecule has 9 unspecified atom stereocenters. The van der Waals surface area contributed by atoms with E-state index in [1.54, 1.807) is 0 Å². The summed E-state index contributed by atoms with van der Waals surface area (Å²) in [5.41, 5.74) is -0.0199. The number of aliphatic hydroxyl groups excluding tert-OH is 1. The standard InChI is InChI=1S/C30H45IO15S2/c1-14(2)9-22(32)41-24-23(42-47-45-43-36)25(48(38)46-44-37)20(13-31)40-28(24)39-17-10-18(27(34)35)19-7-8-30-11-16(15(3)26(30)33)5-6-21(30)29(19,4)12-17/h14,16-21,23-26,28,33,36-37H,3,5-13H2,1-2,4H3,(H,34,35)/p-2/t16?,17?,18?,19?,20-,21?,23+,24?,25-,26+,28-,29?,30?,48?/m1/s1/i31-2. The molecule has 2 N–H and O–H groups in total. The fourth-order valence-corrected chi connectivity index (χ4v) is 12.3. The van der Waals surface area contributed by atoms with E-state index in [4.69, 9.17) is 18.4 Å². The van der Waals surface area contributed by atoms with E-state index in [0.717, 1.165) is 31.3 Å². The number of carbonyl (C=O) groups excluding carboxylic acids is 1. The maximum atomic E-state index is 13.1. The van der Waals surface area contributed by atoms with Crippen molar-refractivity contribution in [3.63, 3.8) is 0 Å². The molecule has 0 aromatic heterocycles. The van der Waals surface area contributed by atoms with Gasteiger partial charge in [0.2, 0.25) is 0 Å². The van der Waals surface area contributed by atoms with Gasteiger partial charge in [-0.3, -0.25) is 23.8 Å². The number of hydrogen-bond donors (Lipinski definition) is 2. The van der Waals surface area contributed by atoms with Crippen molar-refractivity contribution in [2.45, 2.75) is 114 Å². The molecule has 1 spiro atoms. The lowest BCUT2D eigenvalue weighted by Crippen LogP contribution is -2.63. The topological polar surface area (TPSA) is 212 Å². The fourth-order valence-electron chi connectivity index (χ4n) is 9.78. The average Bonchev–Trinajstić information content (AvgIpc) is 3.20. The summed E-state index contributed by atoms with van der Waals surface area (Å²) in [6, 6.07) is 0. The lowest BCUT2D eigenvalue weighted by molar-refractivity contribution is -0.778. The molecule has 4 aliphatic carbocycles. The molecule has 5 aliphatic rings. The molecule has 14 atom stereocenters. The van der Waals surface area contributed by atoms with Crippen LogP contribution in [0, 0.1) is 40.4 Å². The Morgan fingerprint density at radius 1 is 1.19 bits per heavy atom. The maximum absolute atomic E-state index is 13.1. The number of ether oxygens (including phenoxy) is 3. The molecule has 2 bridgehead atoms. The normalized spacial score (nSPS) is 43.0. The van der Waals surface area contributed by atoms with E-state index in [9.17, 15) is 34.5 Å². The number of carbonyl (C=O) groups is 2. The van der Waals surface area contributed by atoms with Gasteiger partial charge in [0.1, 0.15) is 11.4 Å². The van der Waals surface area contributed by atoms with E-state index >= 15 is 0 Å². The molecule has 15 nitrogen and oxygen atoms in total. The minimum absolute atomic E-state index is 0.00443. The minimum Gasteiger partial charge on any atom is -0.691 e. The molecule has 1 saturated heterocycles. The molecule has 4 saturated carbocycles. The highest BCUT2D eigenvalue weighted by Gasteiger charge is 2.67. The maximum Gasteiger partial charge on any atom is 0.306 e. The Balaban J connectivity index is 1.48. The van der Waals surface area contributed by atoms with Crippen LogP contribution in [0.25, 0.3) is 0 Å². The fraction of sp³-hybridized carbons (Fsp3) is 0.867. The first-order valence-corrected chi connectivity index (χ1v) is 19.5. The summed E-state index contributed by atoms with van der Waals surface area (Å²) in [5, 5.41) is 48.8. The second-order valence-electron chi connectivity index (χ2n) is 14.4. The van der Waals surface area contributed by atoms with Crippen LogP contribution in [0.5, 0.6) is 0 Å². The zero-order valence-corrected chi connectivity index (χ0v) is 30.7. The van der Waals surface area contributed by atoms with Crippen LogP contribution in [0.3, 0.4) is 0 Å². The molecule has 1 heterocycles. The predicted molar refractivity (Wildman–Crippen MR) is 170 cm³/mol. The second-order valence-corrected chi connectivity index (χ2v) is 17.0. The van der Waals surface area contributed by atoms with Crippen LogP contribution < -0.4 is 10.5 Å². The van der Waals surface area contributed by atoms with Gasteiger partial charge in [-0.2, -0.15) is 0 Å². The predicted octanol–water partition coefficient (Wildman–Crippen LogP) is 2.16. The largest absolute Gasteiger partial charge is 0.691 e. The zero-order valence-electron chi connectivity index (χ0n) is 26.9. The van der Waals surface area contributed by atoms with Crippen LogP contribution in [0.1, 0.15) is 72.1 Å². The van der Waals surface area contributed by atoms with Gasteiger partial charge in [0.15, 0.2) is 35.8 Å². The first-order valence-electron chi connectivity index (χ1n) is 16.1. The van der Waals surface area contributed by atoms with Crippen molar-refractivity contribution in [1.82, 2.24) is 0 Å². The highest BCUT2D eigenvalue weighted by atomic mass is 125. The Labute approximate surface area is 299 Å². The summed E-state index contributed by atoms with van der Waals surface area (Å²) in [5.74, 6) is -2.30. The number of fused-ring (bicyclic) bond motifs is 3. The van der Waals surface area contributed by atoms with Gasteiger partial charge in [0.25, 0.3) is 0 Å². The number of esters is 1. The summed E-state index contributed by atoms with van der Waals surface area (Å²) in [4.78, 5) is 25.9. The third-order valence-corrected chi connectivity index (χ3v) is 14.0. The molecule has 18 heteroatoms.